The van der Waals surface area contributed by atoms with Gasteiger partial charge in [-0.2, -0.15) is 0 Å². The Morgan fingerprint density at radius 2 is 1.89 bits per heavy atom. The molecule has 3 aromatic rings. The summed E-state index contributed by atoms with van der Waals surface area (Å²) in [7, 11) is 4.16. The molecule has 0 aliphatic heterocycles. The van der Waals surface area contributed by atoms with E-state index in [0.29, 0.717) is 5.95 Å². The number of nitrogens with zero attached hydrogens (tertiary/aromatic N) is 4. The van der Waals surface area contributed by atoms with E-state index < -0.39 is 0 Å². The zero-order valence-corrected chi connectivity index (χ0v) is 16.1. The monoisotopic (exact) mass is 362 g/mol. The lowest BCUT2D eigenvalue weighted by atomic mass is 10.2. The van der Waals surface area contributed by atoms with Gasteiger partial charge in [0, 0.05) is 30.2 Å². The third-order valence-electron chi connectivity index (χ3n) is 4.09. The molecule has 140 valence electrons. The summed E-state index contributed by atoms with van der Waals surface area (Å²) in [5.41, 5.74) is 3.97. The highest BCUT2D eigenvalue weighted by Crippen LogP contribution is 2.25. The van der Waals surface area contributed by atoms with Crippen molar-refractivity contribution in [3.05, 3.63) is 60.4 Å². The van der Waals surface area contributed by atoms with Crippen molar-refractivity contribution in [3.63, 3.8) is 0 Å². The molecule has 0 aliphatic rings. The number of rotatable bonds is 8. The Labute approximate surface area is 160 Å². The molecule has 2 N–H and O–H groups in total. The van der Waals surface area contributed by atoms with E-state index in [1.165, 1.54) is 5.56 Å². The minimum absolute atomic E-state index is 0.570. The summed E-state index contributed by atoms with van der Waals surface area (Å²) >= 11 is 0. The molecule has 0 bridgehead atoms. The number of hydrogen-bond acceptors (Lipinski definition) is 6. The largest absolute Gasteiger partial charge is 0.369 e. The first kappa shape index (κ1) is 18.8. The van der Waals surface area contributed by atoms with Crippen LogP contribution in [0.3, 0.4) is 0 Å². The van der Waals surface area contributed by atoms with Gasteiger partial charge in [0.1, 0.15) is 5.82 Å². The molecule has 0 atom stereocenters. The van der Waals surface area contributed by atoms with Gasteiger partial charge in [-0.15, -0.1) is 0 Å². The number of aryl methyl sites for hydroxylation is 1. The molecule has 0 radical (unpaired) electrons. The minimum atomic E-state index is 0.570. The van der Waals surface area contributed by atoms with Crippen LogP contribution in [-0.2, 0) is 0 Å². The van der Waals surface area contributed by atoms with Gasteiger partial charge in [0.25, 0.3) is 0 Å². The second kappa shape index (κ2) is 9.09. The summed E-state index contributed by atoms with van der Waals surface area (Å²) in [5.74, 6) is 1.41. The molecule has 6 heteroatoms. The lowest BCUT2D eigenvalue weighted by Gasteiger charge is -2.13. The maximum absolute atomic E-state index is 4.67. The number of nitrogens with one attached hydrogen (secondary N) is 2. The van der Waals surface area contributed by atoms with E-state index in [-0.39, 0.29) is 0 Å². The SMILES string of the molecule is Cc1cccc(Nc2nccc(-c3cccnc3NCCCN(C)C)n2)c1. The molecule has 2 heterocycles. The van der Waals surface area contributed by atoms with Crippen molar-refractivity contribution in [2.75, 3.05) is 37.8 Å². The molecular weight excluding hydrogens is 336 g/mol. The van der Waals surface area contributed by atoms with Crippen molar-refractivity contribution >= 4 is 17.5 Å². The molecule has 27 heavy (non-hydrogen) atoms. The summed E-state index contributed by atoms with van der Waals surface area (Å²) in [6.45, 7) is 3.96. The van der Waals surface area contributed by atoms with Crippen LogP contribution < -0.4 is 10.6 Å². The van der Waals surface area contributed by atoms with Crippen LogP contribution in [0.4, 0.5) is 17.5 Å². The maximum Gasteiger partial charge on any atom is 0.227 e. The molecule has 0 fully saturated rings. The predicted octanol–water partition coefficient (Wildman–Crippen LogP) is 3.95. The number of hydrogen-bond donors (Lipinski definition) is 2. The molecular formula is C21H26N6. The fourth-order valence-corrected chi connectivity index (χ4v) is 2.78. The highest BCUT2D eigenvalue weighted by atomic mass is 15.1. The van der Waals surface area contributed by atoms with Gasteiger partial charge in [0.15, 0.2) is 0 Å². The van der Waals surface area contributed by atoms with Gasteiger partial charge < -0.3 is 15.5 Å². The Kier molecular flexibility index (Phi) is 6.33. The van der Waals surface area contributed by atoms with Gasteiger partial charge in [0.2, 0.25) is 5.95 Å². The van der Waals surface area contributed by atoms with E-state index in [0.717, 1.165) is 42.3 Å². The Hall–Kier alpha value is -2.99. The van der Waals surface area contributed by atoms with Crippen LogP contribution >= 0.6 is 0 Å². The Balaban J connectivity index is 1.76. The van der Waals surface area contributed by atoms with Crippen molar-refractivity contribution < 1.29 is 0 Å². The zero-order valence-electron chi connectivity index (χ0n) is 16.1. The average molecular weight is 362 g/mol. The topological polar surface area (TPSA) is 66.0 Å². The highest BCUT2D eigenvalue weighted by molar-refractivity contribution is 5.73. The second-order valence-corrected chi connectivity index (χ2v) is 6.74. The minimum Gasteiger partial charge on any atom is -0.369 e. The third kappa shape index (κ3) is 5.49. The van der Waals surface area contributed by atoms with Crippen LogP contribution in [0.2, 0.25) is 0 Å². The maximum atomic E-state index is 4.67. The first-order chi connectivity index (χ1) is 13.1. The molecule has 1 aromatic carbocycles. The smallest absolute Gasteiger partial charge is 0.227 e. The second-order valence-electron chi connectivity index (χ2n) is 6.74. The van der Waals surface area contributed by atoms with Crippen molar-refractivity contribution in [1.82, 2.24) is 19.9 Å². The summed E-state index contributed by atoms with van der Waals surface area (Å²) in [5, 5.41) is 6.70. The number of benzene rings is 1. The quantitative estimate of drug-likeness (QED) is 0.592. The van der Waals surface area contributed by atoms with Crippen LogP contribution in [0.15, 0.2) is 54.9 Å². The summed E-state index contributed by atoms with van der Waals surface area (Å²) < 4.78 is 0. The predicted molar refractivity (Wildman–Crippen MR) is 111 cm³/mol. The molecule has 0 aliphatic carbocycles. The molecule has 3 rings (SSSR count). The lowest BCUT2D eigenvalue weighted by molar-refractivity contribution is 0.405. The Morgan fingerprint density at radius 1 is 1.00 bits per heavy atom. The van der Waals surface area contributed by atoms with Gasteiger partial charge in [-0.3, -0.25) is 0 Å². The van der Waals surface area contributed by atoms with Crippen LogP contribution in [0.1, 0.15) is 12.0 Å². The average Bonchev–Trinajstić information content (AvgIpc) is 2.66. The van der Waals surface area contributed by atoms with Gasteiger partial charge >= 0.3 is 0 Å². The number of pyridine rings is 1. The van der Waals surface area contributed by atoms with Gasteiger partial charge in [-0.05, 0) is 69.9 Å². The van der Waals surface area contributed by atoms with E-state index in [4.69, 9.17) is 0 Å². The highest BCUT2D eigenvalue weighted by Gasteiger charge is 2.09. The molecule has 0 unspecified atom stereocenters. The van der Waals surface area contributed by atoms with E-state index in [9.17, 15) is 0 Å². The molecule has 0 spiro atoms. The van der Waals surface area contributed by atoms with E-state index in [2.05, 4.69) is 63.6 Å². The van der Waals surface area contributed by atoms with E-state index >= 15 is 0 Å². The first-order valence-electron chi connectivity index (χ1n) is 9.12. The molecule has 0 amide bonds. The number of aromatic nitrogens is 3. The van der Waals surface area contributed by atoms with E-state index in [1.807, 2.05) is 30.3 Å². The van der Waals surface area contributed by atoms with Crippen molar-refractivity contribution in [2.24, 2.45) is 0 Å². The zero-order chi connectivity index (χ0) is 19.1. The summed E-state index contributed by atoms with van der Waals surface area (Å²) in [6.07, 6.45) is 4.61. The fraction of sp³-hybridized carbons (Fsp3) is 0.286. The molecule has 2 aromatic heterocycles. The number of anilines is 3. The molecule has 0 saturated carbocycles. The van der Waals surface area contributed by atoms with Crippen molar-refractivity contribution in [2.45, 2.75) is 13.3 Å². The normalized spacial score (nSPS) is 10.8. The van der Waals surface area contributed by atoms with Crippen molar-refractivity contribution in [3.8, 4) is 11.3 Å². The van der Waals surface area contributed by atoms with Crippen molar-refractivity contribution in [1.29, 1.82) is 0 Å². The van der Waals surface area contributed by atoms with Crippen LogP contribution in [0, 0.1) is 6.92 Å². The first-order valence-corrected chi connectivity index (χ1v) is 9.12. The van der Waals surface area contributed by atoms with E-state index in [1.54, 1.807) is 12.4 Å². The van der Waals surface area contributed by atoms with Crippen LogP contribution in [0.25, 0.3) is 11.3 Å². The standard InChI is InChI=1S/C21H26N6/c1-16-7-4-8-17(15-16)25-21-24-13-10-19(26-21)18-9-5-11-22-20(18)23-12-6-14-27(2)3/h4-5,7-11,13,15H,6,12,14H2,1-3H3,(H,22,23)(H,24,25,26). The van der Waals surface area contributed by atoms with Gasteiger partial charge in [0.05, 0.1) is 5.69 Å². The molecule has 6 nitrogen and oxygen atoms in total. The Morgan fingerprint density at radius 3 is 2.70 bits per heavy atom. The third-order valence-corrected chi connectivity index (χ3v) is 4.09. The van der Waals surface area contributed by atoms with Gasteiger partial charge in [-0.1, -0.05) is 12.1 Å². The Bertz CT molecular complexity index is 878. The van der Waals surface area contributed by atoms with Crippen LogP contribution in [-0.4, -0.2) is 47.0 Å². The van der Waals surface area contributed by atoms with Crippen LogP contribution in [0.5, 0.6) is 0 Å². The molecule has 0 saturated heterocycles. The summed E-state index contributed by atoms with van der Waals surface area (Å²) in [6, 6.07) is 14.0. The van der Waals surface area contributed by atoms with Gasteiger partial charge in [-0.25, -0.2) is 15.0 Å². The fourth-order valence-electron chi connectivity index (χ4n) is 2.78. The lowest BCUT2D eigenvalue weighted by Crippen LogP contribution is -2.16. The summed E-state index contributed by atoms with van der Waals surface area (Å²) in [4.78, 5) is 15.7.